The average Bonchev–Trinajstić information content (AvgIpc) is 2.58. The molecule has 0 saturated carbocycles. The van der Waals surface area contributed by atoms with Crippen LogP contribution in [0, 0.1) is 18.7 Å². The number of guanidine groups is 1. The van der Waals surface area contributed by atoms with Gasteiger partial charge in [-0.15, -0.1) is 24.0 Å². The molecule has 142 valence electrons. The molecule has 1 aliphatic rings. The number of benzene rings is 1. The largest absolute Gasteiger partial charge is 0.356 e. The molecule has 6 heteroatoms. The number of hydrogen-bond acceptors (Lipinski definition) is 2. The van der Waals surface area contributed by atoms with Gasteiger partial charge in [-0.3, -0.25) is 4.99 Å². The van der Waals surface area contributed by atoms with E-state index < -0.39 is 0 Å². The maximum Gasteiger partial charge on any atom is 0.191 e. The van der Waals surface area contributed by atoms with Gasteiger partial charge in [-0.1, -0.05) is 12.1 Å². The van der Waals surface area contributed by atoms with Crippen LogP contribution in [0.15, 0.2) is 23.2 Å². The lowest BCUT2D eigenvalue weighted by atomic mass is 9.97. The summed E-state index contributed by atoms with van der Waals surface area (Å²) in [5.41, 5.74) is 1.60. The second-order valence-corrected chi connectivity index (χ2v) is 6.99. The highest BCUT2D eigenvalue weighted by Crippen LogP contribution is 2.17. The van der Waals surface area contributed by atoms with Crippen LogP contribution in [0.1, 0.15) is 37.8 Å². The molecule has 1 aliphatic heterocycles. The zero-order chi connectivity index (χ0) is 17.5. The smallest absolute Gasteiger partial charge is 0.191 e. The Bertz CT molecular complexity index is 562. The molecule has 0 bridgehead atoms. The van der Waals surface area contributed by atoms with Gasteiger partial charge in [0.05, 0.1) is 0 Å². The SMILES string of the molecule is CN=C(NCc1ccc(C)c(F)c1)NCC1CCCN(C(C)C)C1.I. The van der Waals surface area contributed by atoms with Crippen molar-refractivity contribution in [1.29, 1.82) is 0 Å². The second kappa shape index (κ2) is 11.0. The molecular formula is C19H32FIN4. The first-order valence-electron chi connectivity index (χ1n) is 8.93. The van der Waals surface area contributed by atoms with E-state index in [-0.39, 0.29) is 29.8 Å². The van der Waals surface area contributed by atoms with Crippen LogP contribution in [-0.4, -0.2) is 43.6 Å². The van der Waals surface area contributed by atoms with Crippen molar-refractivity contribution >= 4 is 29.9 Å². The minimum atomic E-state index is -0.159. The number of aryl methyl sites for hydroxylation is 1. The molecule has 1 fully saturated rings. The molecule has 0 spiro atoms. The molecule has 4 nitrogen and oxygen atoms in total. The Morgan fingerprint density at radius 2 is 2.12 bits per heavy atom. The van der Waals surface area contributed by atoms with Gasteiger partial charge in [-0.25, -0.2) is 4.39 Å². The van der Waals surface area contributed by atoms with Gasteiger partial charge < -0.3 is 15.5 Å². The van der Waals surface area contributed by atoms with Crippen molar-refractivity contribution in [3.63, 3.8) is 0 Å². The first-order valence-corrected chi connectivity index (χ1v) is 8.93. The Morgan fingerprint density at radius 3 is 2.76 bits per heavy atom. The van der Waals surface area contributed by atoms with Crippen LogP contribution >= 0.6 is 24.0 Å². The zero-order valence-electron chi connectivity index (χ0n) is 15.8. The summed E-state index contributed by atoms with van der Waals surface area (Å²) in [6.07, 6.45) is 2.52. The van der Waals surface area contributed by atoms with Crippen molar-refractivity contribution in [2.24, 2.45) is 10.9 Å². The molecule has 0 amide bonds. The molecule has 2 rings (SSSR count). The fraction of sp³-hybridized carbons (Fsp3) is 0.632. The van der Waals surface area contributed by atoms with E-state index in [2.05, 4.69) is 34.4 Å². The molecule has 0 radical (unpaired) electrons. The Balaban J connectivity index is 0.00000312. The van der Waals surface area contributed by atoms with Gasteiger partial charge in [0.2, 0.25) is 0 Å². The Kier molecular flexibility index (Phi) is 9.71. The Labute approximate surface area is 168 Å². The molecule has 0 aromatic heterocycles. The van der Waals surface area contributed by atoms with Crippen LogP contribution in [0.5, 0.6) is 0 Å². The number of rotatable bonds is 5. The van der Waals surface area contributed by atoms with Crippen molar-refractivity contribution in [2.45, 2.75) is 46.2 Å². The predicted octanol–water partition coefficient (Wildman–Crippen LogP) is 3.54. The second-order valence-electron chi connectivity index (χ2n) is 6.99. The fourth-order valence-electron chi connectivity index (χ4n) is 3.13. The van der Waals surface area contributed by atoms with Gasteiger partial charge >= 0.3 is 0 Å². The highest BCUT2D eigenvalue weighted by Gasteiger charge is 2.21. The van der Waals surface area contributed by atoms with Crippen LogP contribution in [0.4, 0.5) is 4.39 Å². The van der Waals surface area contributed by atoms with Crippen molar-refractivity contribution < 1.29 is 4.39 Å². The lowest BCUT2D eigenvalue weighted by Gasteiger charge is -2.35. The number of aliphatic imine (C=N–C) groups is 1. The molecule has 1 aromatic carbocycles. The monoisotopic (exact) mass is 462 g/mol. The normalized spacial score (nSPS) is 18.8. The minimum absolute atomic E-state index is 0. The molecular weight excluding hydrogens is 430 g/mol. The van der Waals surface area contributed by atoms with Crippen LogP contribution in [0.25, 0.3) is 0 Å². The predicted molar refractivity (Wildman–Crippen MR) is 114 cm³/mol. The zero-order valence-corrected chi connectivity index (χ0v) is 18.1. The molecule has 2 N–H and O–H groups in total. The van der Waals surface area contributed by atoms with E-state index in [1.54, 1.807) is 20.0 Å². The number of piperidine rings is 1. The number of nitrogens with one attached hydrogen (secondary N) is 2. The summed E-state index contributed by atoms with van der Waals surface area (Å²) in [7, 11) is 1.77. The average molecular weight is 462 g/mol. The first-order chi connectivity index (χ1) is 11.5. The number of halogens is 2. The van der Waals surface area contributed by atoms with Crippen LogP contribution in [0.3, 0.4) is 0 Å². The summed E-state index contributed by atoms with van der Waals surface area (Å²) in [5, 5.41) is 6.68. The molecule has 1 saturated heterocycles. The minimum Gasteiger partial charge on any atom is -0.356 e. The fourth-order valence-corrected chi connectivity index (χ4v) is 3.13. The van der Waals surface area contributed by atoms with Crippen molar-refractivity contribution in [1.82, 2.24) is 15.5 Å². The van der Waals surface area contributed by atoms with E-state index in [0.717, 1.165) is 24.6 Å². The van der Waals surface area contributed by atoms with E-state index in [1.807, 2.05) is 12.1 Å². The number of nitrogens with zero attached hydrogens (tertiary/aromatic N) is 2. The first kappa shape index (κ1) is 22.2. The van der Waals surface area contributed by atoms with E-state index in [1.165, 1.54) is 19.4 Å². The molecule has 1 heterocycles. The van der Waals surface area contributed by atoms with Crippen molar-refractivity contribution in [3.8, 4) is 0 Å². The highest BCUT2D eigenvalue weighted by atomic mass is 127. The summed E-state index contributed by atoms with van der Waals surface area (Å²) in [4.78, 5) is 6.81. The number of hydrogen-bond donors (Lipinski definition) is 2. The van der Waals surface area contributed by atoms with Crippen LogP contribution in [0.2, 0.25) is 0 Å². The van der Waals surface area contributed by atoms with Crippen molar-refractivity contribution in [3.05, 3.63) is 35.1 Å². The Morgan fingerprint density at radius 1 is 1.36 bits per heavy atom. The van der Waals surface area contributed by atoms with Gasteiger partial charge in [-0.05, 0) is 63.3 Å². The molecule has 1 unspecified atom stereocenters. The standard InChI is InChI=1S/C19H31FN4.HI/c1-14(2)24-9-5-6-17(13-24)12-23-19(21-4)22-11-16-8-7-15(3)18(20)10-16;/h7-8,10,14,17H,5-6,9,11-13H2,1-4H3,(H2,21,22,23);1H. The molecule has 25 heavy (non-hydrogen) atoms. The summed E-state index contributed by atoms with van der Waals surface area (Å²) in [6, 6.07) is 5.95. The maximum atomic E-state index is 13.6. The van der Waals surface area contributed by atoms with Gasteiger partial charge in [-0.2, -0.15) is 0 Å². The third-order valence-electron chi connectivity index (χ3n) is 4.76. The Hall–Kier alpha value is -0.890. The third-order valence-corrected chi connectivity index (χ3v) is 4.76. The van der Waals surface area contributed by atoms with E-state index >= 15 is 0 Å². The summed E-state index contributed by atoms with van der Waals surface area (Å²) >= 11 is 0. The van der Waals surface area contributed by atoms with Gasteiger partial charge in [0.15, 0.2) is 5.96 Å². The summed E-state index contributed by atoms with van der Waals surface area (Å²) in [6.45, 7) is 10.1. The van der Waals surface area contributed by atoms with E-state index in [4.69, 9.17) is 0 Å². The van der Waals surface area contributed by atoms with Gasteiger partial charge in [0, 0.05) is 32.7 Å². The van der Waals surface area contributed by atoms with Gasteiger partial charge in [0.25, 0.3) is 0 Å². The van der Waals surface area contributed by atoms with Gasteiger partial charge in [0.1, 0.15) is 5.82 Å². The summed E-state index contributed by atoms with van der Waals surface area (Å²) in [5.74, 6) is 1.27. The topological polar surface area (TPSA) is 39.7 Å². The van der Waals surface area contributed by atoms with Crippen LogP contribution in [-0.2, 0) is 6.54 Å². The highest BCUT2D eigenvalue weighted by molar-refractivity contribution is 14.0. The van der Waals surface area contributed by atoms with E-state index in [0.29, 0.717) is 24.1 Å². The maximum absolute atomic E-state index is 13.6. The lowest BCUT2D eigenvalue weighted by molar-refractivity contribution is 0.141. The molecule has 1 aromatic rings. The molecule has 0 aliphatic carbocycles. The van der Waals surface area contributed by atoms with Crippen molar-refractivity contribution in [2.75, 3.05) is 26.7 Å². The quantitative estimate of drug-likeness (QED) is 0.400. The number of likely N-dealkylation sites (tertiary alicyclic amines) is 1. The lowest BCUT2D eigenvalue weighted by Crippen LogP contribution is -2.45. The third kappa shape index (κ3) is 7.09. The van der Waals surface area contributed by atoms with E-state index in [9.17, 15) is 4.39 Å². The summed E-state index contributed by atoms with van der Waals surface area (Å²) < 4.78 is 13.6. The van der Waals surface area contributed by atoms with Crippen LogP contribution < -0.4 is 10.6 Å². The molecule has 1 atom stereocenters.